The number of hydrogen-bond donors (Lipinski definition) is 2. The van der Waals surface area contributed by atoms with E-state index in [4.69, 9.17) is 0 Å². The Bertz CT molecular complexity index is 802. The Balaban J connectivity index is 1.68. The maximum Gasteiger partial charge on any atom is 0.319 e. The summed E-state index contributed by atoms with van der Waals surface area (Å²) in [4.78, 5) is 30.4. The van der Waals surface area contributed by atoms with E-state index in [0.717, 1.165) is 34.9 Å². The van der Waals surface area contributed by atoms with Crippen LogP contribution in [0.15, 0.2) is 23.6 Å². The summed E-state index contributed by atoms with van der Waals surface area (Å²) in [7, 11) is 0. The number of hydrogen-bond acceptors (Lipinski definition) is 4. The van der Waals surface area contributed by atoms with Crippen molar-refractivity contribution in [2.75, 3.05) is 16.8 Å². The van der Waals surface area contributed by atoms with Gasteiger partial charge in [-0.3, -0.25) is 4.79 Å². The fraction of sp³-hybridized carbons (Fsp3) is 0.389. The summed E-state index contributed by atoms with van der Waals surface area (Å²) in [5.74, 6) is 0.136. The number of carbonyl (C=O) groups is 2. The monoisotopic (exact) mass is 358 g/mol. The highest BCUT2D eigenvalue weighted by atomic mass is 32.1. The average Bonchev–Trinajstić information content (AvgIpc) is 3.17. The van der Waals surface area contributed by atoms with Gasteiger partial charge >= 0.3 is 6.03 Å². The summed E-state index contributed by atoms with van der Waals surface area (Å²) in [5.41, 5.74) is 3.40. The SMILES string of the molecule is Cc1nc([C@@H](C)NC(=O)Nc2ccc(C)c(N3CCCC3=O)c2)cs1. The minimum absolute atomic E-state index is 0.136. The molecule has 132 valence electrons. The fourth-order valence-electron chi connectivity index (χ4n) is 2.90. The second-order valence-electron chi connectivity index (χ2n) is 6.26. The number of anilines is 2. The van der Waals surface area contributed by atoms with Crippen LogP contribution >= 0.6 is 11.3 Å². The second kappa shape index (κ2) is 7.23. The van der Waals surface area contributed by atoms with Crippen molar-refractivity contribution < 1.29 is 9.59 Å². The Morgan fingerprint density at radius 2 is 2.16 bits per heavy atom. The van der Waals surface area contributed by atoms with Crippen LogP contribution in [0.5, 0.6) is 0 Å². The van der Waals surface area contributed by atoms with Gasteiger partial charge in [0, 0.05) is 29.7 Å². The van der Waals surface area contributed by atoms with Gasteiger partial charge in [0.15, 0.2) is 0 Å². The van der Waals surface area contributed by atoms with Crippen molar-refractivity contribution in [1.82, 2.24) is 10.3 Å². The molecular formula is C18H22N4O2S. The summed E-state index contributed by atoms with van der Waals surface area (Å²) in [6.45, 7) is 6.54. The van der Waals surface area contributed by atoms with E-state index < -0.39 is 0 Å². The van der Waals surface area contributed by atoms with Gasteiger partial charge in [0.1, 0.15) is 0 Å². The minimum atomic E-state index is -0.291. The standard InChI is InChI=1S/C18H22N4O2S/c1-11-6-7-14(9-16(11)22-8-4-5-17(22)23)21-18(24)19-12(2)15-10-25-13(3)20-15/h6-7,9-10,12H,4-5,8H2,1-3H3,(H2,19,21,24)/t12-/m1/s1. The Morgan fingerprint density at radius 1 is 1.36 bits per heavy atom. The first kappa shape index (κ1) is 17.4. The molecule has 0 bridgehead atoms. The van der Waals surface area contributed by atoms with Crippen LogP contribution in [0.1, 0.15) is 42.1 Å². The zero-order valence-corrected chi connectivity index (χ0v) is 15.4. The van der Waals surface area contributed by atoms with E-state index in [1.54, 1.807) is 16.2 Å². The summed E-state index contributed by atoms with van der Waals surface area (Å²) >= 11 is 1.56. The van der Waals surface area contributed by atoms with Crippen molar-refractivity contribution in [3.8, 4) is 0 Å². The molecule has 2 heterocycles. The number of thiazole rings is 1. The topological polar surface area (TPSA) is 74.3 Å². The van der Waals surface area contributed by atoms with E-state index >= 15 is 0 Å². The molecule has 25 heavy (non-hydrogen) atoms. The van der Waals surface area contributed by atoms with Gasteiger partial charge in [-0.15, -0.1) is 11.3 Å². The van der Waals surface area contributed by atoms with E-state index in [9.17, 15) is 9.59 Å². The number of urea groups is 1. The van der Waals surface area contributed by atoms with E-state index in [0.29, 0.717) is 12.1 Å². The number of nitrogens with one attached hydrogen (secondary N) is 2. The molecule has 1 atom stereocenters. The second-order valence-corrected chi connectivity index (χ2v) is 7.32. The molecule has 6 nitrogen and oxygen atoms in total. The molecule has 0 saturated carbocycles. The van der Waals surface area contributed by atoms with Crippen LogP contribution in [0, 0.1) is 13.8 Å². The van der Waals surface area contributed by atoms with Gasteiger partial charge in [-0.05, 0) is 44.9 Å². The van der Waals surface area contributed by atoms with Crippen molar-refractivity contribution in [2.45, 2.75) is 39.7 Å². The highest BCUT2D eigenvalue weighted by Gasteiger charge is 2.23. The molecule has 0 spiro atoms. The quantitative estimate of drug-likeness (QED) is 0.874. The lowest BCUT2D eigenvalue weighted by Crippen LogP contribution is -2.31. The molecule has 0 unspecified atom stereocenters. The number of benzene rings is 1. The third kappa shape index (κ3) is 3.99. The molecule has 0 aliphatic carbocycles. The zero-order chi connectivity index (χ0) is 18.0. The van der Waals surface area contributed by atoms with E-state index in [-0.39, 0.29) is 18.0 Å². The third-order valence-corrected chi connectivity index (χ3v) is 5.05. The van der Waals surface area contributed by atoms with Crippen LogP contribution in [-0.4, -0.2) is 23.5 Å². The predicted molar refractivity (Wildman–Crippen MR) is 100 cm³/mol. The lowest BCUT2D eigenvalue weighted by Gasteiger charge is -2.20. The Kier molecular flexibility index (Phi) is 5.03. The van der Waals surface area contributed by atoms with Crippen LogP contribution in [0.4, 0.5) is 16.2 Å². The number of nitrogens with zero attached hydrogens (tertiary/aromatic N) is 2. The van der Waals surface area contributed by atoms with Crippen LogP contribution < -0.4 is 15.5 Å². The van der Waals surface area contributed by atoms with Crippen LogP contribution in [0.25, 0.3) is 0 Å². The summed E-state index contributed by atoms with van der Waals surface area (Å²) in [5, 5.41) is 8.65. The van der Waals surface area contributed by atoms with E-state index in [2.05, 4.69) is 15.6 Å². The van der Waals surface area contributed by atoms with Gasteiger partial charge in [-0.1, -0.05) is 6.07 Å². The highest BCUT2D eigenvalue weighted by Crippen LogP contribution is 2.28. The van der Waals surface area contributed by atoms with Gasteiger partial charge in [0.2, 0.25) is 5.91 Å². The van der Waals surface area contributed by atoms with Gasteiger partial charge in [-0.25, -0.2) is 9.78 Å². The van der Waals surface area contributed by atoms with Crippen LogP contribution in [-0.2, 0) is 4.79 Å². The van der Waals surface area contributed by atoms with Gasteiger partial charge in [0.25, 0.3) is 0 Å². The summed E-state index contributed by atoms with van der Waals surface area (Å²) < 4.78 is 0. The largest absolute Gasteiger partial charge is 0.330 e. The minimum Gasteiger partial charge on any atom is -0.330 e. The molecule has 1 aromatic carbocycles. The smallest absolute Gasteiger partial charge is 0.319 e. The lowest BCUT2D eigenvalue weighted by atomic mass is 10.1. The average molecular weight is 358 g/mol. The van der Waals surface area contributed by atoms with Gasteiger partial charge in [-0.2, -0.15) is 0 Å². The summed E-state index contributed by atoms with van der Waals surface area (Å²) in [6, 6.07) is 5.16. The molecule has 1 aliphatic heterocycles. The van der Waals surface area contributed by atoms with Crippen molar-refractivity contribution >= 4 is 34.6 Å². The van der Waals surface area contributed by atoms with Crippen molar-refractivity contribution in [3.05, 3.63) is 39.8 Å². The molecule has 1 fully saturated rings. The molecule has 1 aliphatic rings. The fourth-order valence-corrected chi connectivity index (χ4v) is 3.60. The van der Waals surface area contributed by atoms with Crippen molar-refractivity contribution in [2.24, 2.45) is 0 Å². The molecule has 1 saturated heterocycles. The molecule has 3 rings (SSSR count). The maximum absolute atomic E-state index is 12.3. The Hall–Kier alpha value is -2.41. The van der Waals surface area contributed by atoms with Gasteiger partial charge < -0.3 is 15.5 Å². The molecule has 2 aromatic rings. The third-order valence-electron chi connectivity index (χ3n) is 4.26. The molecule has 3 amide bonds. The van der Waals surface area contributed by atoms with Crippen molar-refractivity contribution in [3.63, 3.8) is 0 Å². The lowest BCUT2D eigenvalue weighted by molar-refractivity contribution is -0.117. The van der Waals surface area contributed by atoms with E-state index in [1.807, 2.05) is 44.4 Å². The molecule has 1 aromatic heterocycles. The number of aromatic nitrogens is 1. The first-order valence-corrected chi connectivity index (χ1v) is 9.22. The molecule has 0 radical (unpaired) electrons. The number of amides is 3. The van der Waals surface area contributed by atoms with Crippen molar-refractivity contribution in [1.29, 1.82) is 0 Å². The number of aryl methyl sites for hydroxylation is 2. The molecule has 7 heteroatoms. The molecular weight excluding hydrogens is 336 g/mol. The Morgan fingerprint density at radius 3 is 2.80 bits per heavy atom. The van der Waals surface area contributed by atoms with Crippen LogP contribution in [0.2, 0.25) is 0 Å². The number of carbonyl (C=O) groups excluding carboxylic acids is 2. The summed E-state index contributed by atoms with van der Waals surface area (Å²) in [6.07, 6.45) is 1.46. The normalized spacial score (nSPS) is 15.3. The van der Waals surface area contributed by atoms with Crippen LogP contribution in [0.3, 0.4) is 0 Å². The first-order valence-electron chi connectivity index (χ1n) is 8.34. The van der Waals surface area contributed by atoms with Gasteiger partial charge in [0.05, 0.1) is 16.7 Å². The predicted octanol–water partition coefficient (Wildman–Crippen LogP) is 3.77. The van der Waals surface area contributed by atoms with E-state index in [1.165, 1.54) is 0 Å². The first-order chi connectivity index (χ1) is 11.9. The zero-order valence-electron chi connectivity index (χ0n) is 14.6. The Labute approximate surface area is 151 Å². The maximum atomic E-state index is 12.3. The highest BCUT2D eigenvalue weighted by molar-refractivity contribution is 7.09. The molecule has 2 N–H and O–H groups in total. The number of rotatable bonds is 4.